The fourth-order valence-corrected chi connectivity index (χ4v) is 1.95. The summed E-state index contributed by atoms with van der Waals surface area (Å²) in [5.41, 5.74) is 4.18. The zero-order valence-electron chi connectivity index (χ0n) is 11.7. The van der Waals surface area contributed by atoms with Crippen molar-refractivity contribution < 1.29 is 9.94 Å². The third-order valence-electron chi connectivity index (χ3n) is 3.02. The lowest BCUT2D eigenvalue weighted by atomic mass is 10.2. The minimum Gasteiger partial charge on any atom is -0.497 e. The number of hydrazone groups is 1. The lowest BCUT2D eigenvalue weighted by molar-refractivity contribution is 0.214. The summed E-state index contributed by atoms with van der Waals surface area (Å²) in [5, 5.41) is 23.7. The van der Waals surface area contributed by atoms with Gasteiger partial charge in [-0.15, -0.1) is 0 Å². The van der Waals surface area contributed by atoms with Gasteiger partial charge in [-0.3, -0.25) is 15.7 Å². The molecule has 0 saturated carbocycles. The van der Waals surface area contributed by atoms with E-state index < -0.39 is 0 Å². The Morgan fingerprint density at radius 2 is 2.29 bits per heavy atom. The van der Waals surface area contributed by atoms with Crippen LogP contribution in [0.1, 0.15) is 12.0 Å². The molecule has 1 aromatic carbocycles. The highest BCUT2D eigenvalue weighted by atomic mass is 16.5. The summed E-state index contributed by atoms with van der Waals surface area (Å²) >= 11 is 0. The Morgan fingerprint density at radius 3 is 2.90 bits per heavy atom. The Bertz CT molecular complexity index is 612. The SMILES string of the molecule is COc1ccc(CN2N=CC/C2=C\C(C#N)=C/NO)cc1. The molecule has 0 radical (unpaired) electrons. The second kappa shape index (κ2) is 7.12. The largest absolute Gasteiger partial charge is 0.497 e. The molecule has 0 saturated heterocycles. The second-order valence-corrected chi connectivity index (χ2v) is 4.38. The lowest BCUT2D eigenvalue weighted by Gasteiger charge is -2.17. The number of nitrogens with zero attached hydrogens (tertiary/aromatic N) is 3. The molecule has 0 aromatic heterocycles. The molecule has 0 spiro atoms. The van der Waals surface area contributed by atoms with E-state index in [0.29, 0.717) is 18.5 Å². The molecule has 6 nitrogen and oxygen atoms in total. The van der Waals surface area contributed by atoms with Gasteiger partial charge in [0.2, 0.25) is 0 Å². The summed E-state index contributed by atoms with van der Waals surface area (Å²) < 4.78 is 5.13. The normalized spacial score (nSPS) is 16.1. The Morgan fingerprint density at radius 1 is 1.52 bits per heavy atom. The summed E-state index contributed by atoms with van der Waals surface area (Å²) in [6.07, 6.45) is 5.37. The molecule has 1 aromatic rings. The van der Waals surface area contributed by atoms with Crippen molar-refractivity contribution in [3.8, 4) is 11.8 Å². The zero-order valence-corrected chi connectivity index (χ0v) is 11.7. The van der Waals surface area contributed by atoms with Crippen molar-refractivity contribution in [2.75, 3.05) is 7.11 Å². The van der Waals surface area contributed by atoms with Gasteiger partial charge in [0.05, 0.1) is 19.2 Å². The van der Waals surface area contributed by atoms with E-state index in [4.69, 9.17) is 15.2 Å². The molecular formula is C15H16N4O2. The van der Waals surface area contributed by atoms with Crippen molar-refractivity contribution in [1.82, 2.24) is 10.5 Å². The second-order valence-electron chi connectivity index (χ2n) is 4.38. The number of benzene rings is 1. The average molecular weight is 284 g/mol. The number of methoxy groups -OCH3 is 1. The first-order chi connectivity index (χ1) is 10.3. The summed E-state index contributed by atoms with van der Waals surface area (Å²) in [7, 11) is 1.63. The summed E-state index contributed by atoms with van der Waals surface area (Å²) in [6, 6.07) is 9.73. The Balaban J connectivity index is 2.11. The number of nitriles is 1. The van der Waals surface area contributed by atoms with E-state index >= 15 is 0 Å². The van der Waals surface area contributed by atoms with E-state index in [-0.39, 0.29) is 0 Å². The molecule has 0 unspecified atom stereocenters. The molecule has 0 fully saturated rings. The van der Waals surface area contributed by atoms with Crippen molar-refractivity contribution in [2.45, 2.75) is 13.0 Å². The van der Waals surface area contributed by atoms with Crippen LogP contribution in [0.4, 0.5) is 0 Å². The minimum absolute atomic E-state index is 0.331. The molecule has 6 heteroatoms. The van der Waals surface area contributed by atoms with Gasteiger partial charge in [0.25, 0.3) is 0 Å². The van der Waals surface area contributed by atoms with Gasteiger partial charge in [0.15, 0.2) is 0 Å². The zero-order chi connectivity index (χ0) is 15.1. The van der Waals surface area contributed by atoms with Crippen molar-refractivity contribution in [2.24, 2.45) is 5.10 Å². The van der Waals surface area contributed by atoms with Crippen LogP contribution >= 0.6 is 0 Å². The minimum atomic E-state index is 0.331. The van der Waals surface area contributed by atoms with Crippen LogP contribution in [-0.2, 0) is 6.54 Å². The predicted octanol–water partition coefficient (Wildman–Crippen LogP) is 2.16. The molecule has 0 amide bonds. The first-order valence-corrected chi connectivity index (χ1v) is 6.40. The number of nitrogens with one attached hydrogen (secondary N) is 1. The van der Waals surface area contributed by atoms with E-state index in [0.717, 1.165) is 17.0 Å². The highest BCUT2D eigenvalue weighted by molar-refractivity contribution is 5.64. The van der Waals surface area contributed by atoms with Gasteiger partial charge >= 0.3 is 0 Å². The molecule has 0 aliphatic carbocycles. The lowest BCUT2D eigenvalue weighted by Crippen LogP contribution is -2.12. The quantitative estimate of drug-likeness (QED) is 0.639. The monoisotopic (exact) mass is 284 g/mol. The van der Waals surface area contributed by atoms with Gasteiger partial charge in [-0.1, -0.05) is 12.1 Å². The Labute approximate surface area is 123 Å². The molecule has 2 rings (SSSR count). The van der Waals surface area contributed by atoms with Crippen LogP contribution in [0, 0.1) is 11.3 Å². The highest BCUT2D eigenvalue weighted by Gasteiger charge is 2.14. The van der Waals surface area contributed by atoms with Crippen LogP contribution in [0.2, 0.25) is 0 Å². The number of hydroxylamine groups is 1. The van der Waals surface area contributed by atoms with E-state index in [2.05, 4.69) is 5.10 Å². The molecule has 1 heterocycles. The third kappa shape index (κ3) is 3.84. The molecule has 108 valence electrons. The standard InChI is InChI=1S/C15H16N4O2/c1-21-15-4-2-12(3-5-15)11-19-14(6-7-17-19)8-13(9-16)10-18-20/h2-5,7-8,10,18,20H,6,11H2,1H3/b13-10+,14-8+. The van der Waals surface area contributed by atoms with Gasteiger partial charge in [-0.05, 0) is 23.8 Å². The van der Waals surface area contributed by atoms with Crippen LogP contribution in [-0.4, -0.2) is 23.5 Å². The van der Waals surface area contributed by atoms with Gasteiger partial charge in [-0.25, -0.2) is 0 Å². The number of hydrogen-bond donors (Lipinski definition) is 2. The predicted molar refractivity (Wildman–Crippen MR) is 78.3 cm³/mol. The van der Waals surface area contributed by atoms with Crippen molar-refractivity contribution in [3.63, 3.8) is 0 Å². The number of rotatable bonds is 5. The highest BCUT2D eigenvalue weighted by Crippen LogP contribution is 2.21. The van der Waals surface area contributed by atoms with Gasteiger partial charge < -0.3 is 4.74 Å². The van der Waals surface area contributed by atoms with Crippen molar-refractivity contribution in [3.05, 3.63) is 53.4 Å². The molecular weight excluding hydrogens is 268 g/mol. The fourth-order valence-electron chi connectivity index (χ4n) is 1.95. The molecule has 0 atom stereocenters. The number of hydrogen-bond acceptors (Lipinski definition) is 6. The van der Waals surface area contributed by atoms with Gasteiger partial charge in [0, 0.05) is 24.5 Å². The summed E-state index contributed by atoms with van der Waals surface area (Å²) in [6.45, 7) is 0.609. The maximum atomic E-state index is 8.96. The van der Waals surface area contributed by atoms with Crippen LogP contribution in [0.25, 0.3) is 0 Å². The number of ether oxygens (including phenoxy) is 1. The van der Waals surface area contributed by atoms with Crippen LogP contribution in [0.3, 0.4) is 0 Å². The fraction of sp³-hybridized carbons (Fsp3) is 0.200. The molecule has 2 N–H and O–H groups in total. The Kier molecular flexibility index (Phi) is 4.96. The van der Waals surface area contributed by atoms with Crippen molar-refractivity contribution in [1.29, 1.82) is 5.26 Å². The van der Waals surface area contributed by atoms with Crippen LogP contribution in [0.15, 0.2) is 52.9 Å². The van der Waals surface area contributed by atoms with E-state index in [9.17, 15) is 0 Å². The van der Waals surface area contributed by atoms with E-state index in [1.165, 1.54) is 6.20 Å². The third-order valence-corrected chi connectivity index (χ3v) is 3.02. The summed E-state index contributed by atoms with van der Waals surface area (Å²) in [4.78, 5) is 0. The van der Waals surface area contributed by atoms with Gasteiger partial charge in [-0.2, -0.15) is 10.4 Å². The smallest absolute Gasteiger partial charge is 0.118 e. The summed E-state index contributed by atoms with van der Waals surface area (Å²) in [5.74, 6) is 0.808. The van der Waals surface area contributed by atoms with Crippen molar-refractivity contribution >= 4 is 6.21 Å². The van der Waals surface area contributed by atoms with Crippen LogP contribution in [0.5, 0.6) is 5.75 Å². The molecule has 0 bridgehead atoms. The van der Waals surface area contributed by atoms with Gasteiger partial charge in [0.1, 0.15) is 11.8 Å². The average Bonchev–Trinajstić information content (AvgIpc) is 2.94. The van der Waals surface area contributed by atoms with E-state index in [1.807, 2.05) is 40.8 Å². The van der Waals surface area contributed by atoms with E-state index in [1.54, 1.807) is 19.4 Å². The topological polar surface area (TPSA) is 80.9 Å². The maximum absolute atomic E-state index is 8.96. The maximum Gasteiger partial charge on any atom is 0.118 e. The van der Waals surface area contributed by atoms with Crippen LogP contribution < -0.4 is 10.2 Å². The molecule has 21 heavy (non-hydrogen) atoms. The number of allylic oxidation sites excluding steroid dienone is 3. The molecule has 1 aliphatic rings. The Hall–Kier alpha value is -2.78. The first kappa shape index (κ1) is 14.6. The molecule has 1 aliphatic heterocycles. The first-order valence-electron chi connectivity index (χ1n) is 6.40.